The van der Waals surface area contributed by atoms with Crippen molar-refractivity contribution in [1.82, 2.24) is 0 Å². The highest BCUT2D eigenvalue weighted by Gasteiger charge is 2.50. The van der Waals surface area contributed by atoms with Crippen LogP contribution in [0.4, 0.5) is 0 Å². The van der Waals surface area contributed by atoms with Crippen molar-refractivity contribution in [3.63, 3.8) is 0 Å². The van der Waals surface area contributed by atoms with Gasteiger partial charge in [0.2, 0.25) is 0 Å². The zero-order chi connectivity index (χ0) is 23.7. The third kappa shape index (κ3) is 7.33. The molecule has 0 radical (unpaired) electrons. The Morgan fingerprint density at radius 1 is 1.12 bits per heavy atom. The smallest absolute Gasteiger partial charge is 0.303 e. The third-order valence-electron chi connectivity index (χ3n) is 4.23. The zero-order valence-electron chi connectivity index (χ0n) is 18.1. The molecule has 12 heteroatoms. The second-order valence-electron chi connectivity index (χ2n) is 6.71. The first-order valence-corrected chi connectivity index (χ1v) is 10.7. The average Bonchev–Trinajstić information content (AvgIpc) is 2.71. The molecule has 1 aliphatic rings. The van der Waals surface area contributed by atoms with Gasteiger partial charge in [-0.1, -0.05) is 22.9 Å². The summed E-state index contributed by atoms with van der Waals surface area (Å²) in [5, 5.41) is 3.74. The SMILES string of the molecule is CCOc1cccc(S[C@H]2O[C@H](COC(C)=O)[C@H](OC(C)=O)[C@H](N=[N+]=[N-])[C@H]2OC(C)=O)c1. The molecule has 0 N–H and O–H groups in total. The molecule has 0 unspecified atom stereocenters. The van der Waals surface area contributed by atoms with Crippen molar-refractivity contribution in [3.05, 3.63) is 34.7 Å². The van der Waals surface area contributed by atoms with E-state index in [1.165, 1.54) is 32.5 Å². The Morgan fingerprint density at radius 3 is 2.41 bits per heavy atom. The Hall–Kier alpha value is -2.95. The summed E-state index contributed by atoms with van der Waals surface area (Å²) in [6, 6.07) is 6.06. The number of hydrogen-bond acceptors (Lipinski definition) is 10. The summed E-state index contributed by atoms with van der Waals surface area (Å²) in [4.78, 5) is 38.4. The summed E-state index contributed by atoms with van der Waals surface area (Å²) in [6.45, 7) is 5.69. The lowest BCUT2D eigenvalue weighted by molar-refractivity contribution is -0.201. The number of thioether (sulfide) groups is 1. The maximum Gasteiger partial charge on any atom is 0.303 e. The van der Waals surface area contributed by atoms with Crippen LogP contribution >= 0.6 is 11.8 Å². The molecule has 5 atom stereocenters. The molecule has 1 saturated heterocycles. The van der Waals surface area contributed by atoms with Crippen LogP contribution < -0.4 is 4.74 Å². The summed E-state index contributed by atoms with van der Waals surface area (Å²) < 4.78 is 27.4. The highest BCUT2D eigenvalue weighted by molar-refractivity contribution is 7.99. The molecule has 0 saturated carbocycles. The third-order valence-corrected chi connectivity index (χ3v) is 5.36. The molecule has 0 aliphatic carbocycles. The van der Waals surface area contributed by atoms with Crippen LogP contribution in [0.3, 0.4) is 0 Å². The largest absolute Gasteiger partial charge is 0.494 e. The molecule has 0 spiro atoms. The molecule has 1 aliphatic heterocycles. The van der Waals surface area contributed by atoms with E-state index in [1.807, 2.05) is 13.0 Å². The van der Waals surface area contributed by atoms with Gasteiger partial charge >= 0.3 is 17.9 Å². The number of esters is 3. The van der Waals surface area contributed by atoms with Crippen LogP contribution in [0.2, 0.25) is 0 Å². The van der Waals surface area contributed by atoms with Crippen LogP contribution in [0.5, 0.6) is 5.75 Å². The van der Waals surface area contributed by atoms with E-state index in [9.17, 15) is 14.4 Å². The molecule has 0 amide bonds. The van der Waals surface area contributed by atoms with E-state index in [2.05, 4.69) is 10.0 Å². The van der Waals surface area contributed by atoms with Crippen LogP contribution in [-0.4, -0.2) is 60.9 Å². The molecular weight excluding hydrogens is 442 g/mol. The number of carbonyl (C=O) groups is 3. The highest BCUT2D eigenvalue weighted by Crippen LogP contribution is 2.38. The first kappa shape index (κ1) is 25.3. The van der Waals surface area contributed by atoms with Gasteiger partial charge in [0.1, 0.15) is 42.1 Å². The topological polar surface area (TPSA) is 146 Å². The lowest BCUT2D eigenvalue weighted by atomic mass is 9.97. The number of hydrogen-bond donors (Lipinski definition) is 0. The number of ether oxygens (including phenoxy) is 5. The maximum atomic E-state index is 11.8. The molecule has 2 rings (SSSR count). The van der Waals surface area contributed by atoms with Gasteiger partial charge in [0.05, 0.1) is 6.61 Å². The van der Waals surface area contributed by atoms with E-state index in [1.54, 1.807) is 18.2 Å². The minimum Gasteiger partial charge on any atom is -0.494 e. The summed E-state index contributed by atoms with van der Waals surface area (Å²) in [5.74, 6) is -1.23. The molecule has 174 valence electrons. The number of azide groups is 1. The first-order valence-electron chi connectivity index (χ1n) is 9.82. The molecule has 0 bridgehead atoms. The molecular formula is C20H25N3O8S. The fourth-order valence-corrected chi connectivity index (χ4v) is 4.27. The van der Waals surface area contributed by atoms with E-state index < -0.39 is 47.7 Å². The van der Waals surface area contributed by atoms with Crippen molar-refractivity contribution < 1.29 is 38.1 Å². The monoisotopic (exact) mass is 467 g/mol. The summed E-state index contributed by atoms with van der Waals surface area (Å²) in [6.07, 6.45) is -3.18. The Kier molecular flexibility index (Phi) is 9.63. The van der Waals surface area contributed by atoms with Gasteiger partial charge in [-0.3, -0.25) is 14.4 Å². The minimum atomic E-state index is -1.14. The van der Waals surface area contributed by atoms with Crippen molar-refractivity contribution in [1.29, 1.82) is 0 Å². The Balaban J connectivity index is 2.42. The number of rotatable bonds is 9. The molecule has 1 aromatic rings. The Bertz CT molecular complexity index is 876. The fourth-order valence-electron chi connectivity index (χ4n) is 3.11. The number of nitrogens with zero attached hydrogens (tertiary/aromatic N) is 3. The van der Waals surface area contributed by atoms with Crippen LogP contribution in [0.15, 0.2) is 34.3 Å². The molecule has 32 heavy (non-hydrogen) atoms. The van der Waals surface area contributed by atoms with Crippen molar-refractivity contribution in [2.45, 2.75) is 62.4 Å². The average molecular weight is 468 g/mol. The standard InChI is InChI=1S/C20H25N3O8S/c1-5-27-14-7-6-8-15(9-14)32-20-19(30-13(4)26)17(22-23-21)18(29-12(3)25)16(31-20)10-28-11(2)24/h6-9,16-20H,5,10H2,1-4H3/t16-,17+,18+,19-,20-/m1/s1. The molecule has 1 fully saturated rings. The maximum absolute atomic E-state index is 11.8. The summed E-state index contributed by atoms with van der Waals surface area (Å²) in [5.41, 5.74) is 8.26. The summed E-state index contributed by atoms with van der Waals surface area (Å²) >= 11 is 1.20. The van der Waals surface area contributed by atoms with E-state index in [4.69, 9.17) is 29.2 Å². The molecule has 0 aromatic heterocycles. The normalized spacial score (nSPS) is 24.6. The predicted molar refractivity (Wildman–Crippen MR) is 113 cm³/mol. The van der Waals surface area contributed by atoms with Crippen LogP contribution in [0, 0.1) is 0 Å². The van der Waals surface area contributed by atoms with E-state index >= 15 is 0 Å². The highest BCUT2D eigenvalue weighted by atomic mass is 32.2. The zero-order valence-corrected chi connectivity index (χ0v) is 18.9. The van der Waals surface area contributed by atoms with Gasteiger partial charge < -0.3 is 23.7 Å². The van der Waals surface area contributed by atoms with E-state index in [-0.39, 0.29) is 6.61 Å². The van der Waals surface area contributed by atoms with Gasteiger partial charge in [0.25, 0.3) is 0 Å². The van der Waals surface area contributed by atoms with Crippen molar-refractivity contribution in [3.8, 4) is 5.75 Å². The number of carbonyl (C=O) groups excluding carboxylic acids is 3. The van der Waals surface area contributed by atoms with Crippen LogP contribution in [-0.2, 0) is 33.3 Å². The quantitative estimate of drug-likeness (QED) is 0.176. The van der Waals surface area contributed by atoms with Gasteiger partial charge in [-0.2, -0.15) is 0 Å². The minimum absolute atomic E-state index is 0.256. The lowest BCUT2D eigenvalue weighted by Crippen LogP contribution is -2.59. The summed E-state index contributed by atoms with van der Waals surface area (Å²) in [7, 11) is 0. The molecule has 1 aromatic carbocycles. The van der Waals surface area contributed by atoms with Crippen LogP contribution in [0.1, 0.15) is 27.7 Å². The van der Waals surface area contributed by atoms with Gasteiger partial charge in [-0.15, -0.1) is 0 Å². The Morgan fingerprint density at radius 2 is 1.81 bits per heavy atom. The van der Waals surface area contributed by atoms with Crippen LogP contribution in [0.25, 0.3) is 10.4 Å². The van der Waals surface area contributed by atoms with Crippen molar-refractivity contribution in [2.75, 3.05) is 13.2 Å². The van der Waals surface area contributed by atoms with E-state index in [0.29, 0.717) is 12.4 Å². The number of benzene rings is 1. The van der Waals surface area contributed by atoms with Crippen molar-refractivity contribution >= 4 is 29.7 Å². The lowest BCUT2D eigenvalue weighted by Gasteiger charge is -2.43. The first-order chi connectivity index (χ1) is 15.2. The molecule has 1 heterocycles. The predicted octanol–water partition coefficient (Wildman–Crippen LogP) is 3.01. The van der Waals surface area contributed by atoms with E-state index in [0.717, 1.165) is 4.90 Å². The van der Waals surface area contributed by atoms with Gasteiger partial charge in [-0.25, -0.2) is 0 Å². The van der Waals surface area contributed by atoms with Gasteiger partial charge in [-0.05, 0) is 30.7 Å². The fraction of sp³-hybridized carbons (Fsp3) is 0.550. The molecule has 11 nitrogen and oxygen atoms in total. The Labute approximate surface area is 189 Å². The second-order valence-corrected chi connectivity index (χ2v) is 7.89. The van der Waals surface area contributed by atoms with Gasteiger partial charge in [0, 0.05) is 30.6 Å². The second kappa shape index (κ2) is 12.2. The van der Waals surface area contributed by atoms with Crippen molar-refractivity contribution in [2.24, 2.45) is 5.11 Å². The van der Waals surface area contributed by atoms with Gasteiger partial charge in [0.15, 0.2) is 0 Å².